The summed E-state index contributed by atoms with van der Waals surface area (Å²) in [6.45, 7) is 7.57. The van der Waals surface area contributed by atoms with E-state index in [1.54, 1.807) is 18.2 Å². The summed E-state index contributed by atoms with van der Waals surface area (Å²) in [6, 6.07) is 13.6. The van der Waals surface area contributed by atoms with Gasteiger partial charge in [0.15, 0.2) is 0 Å². The van der Waals surface area contributed by atoms with Gasteiger partial charge in [-0.2, -0.15) is 0 Å². The van der Waals surface area contributed by atoms with Crippen molar-refractivity contribution in [3.05, 3.63) is 64.7 Å². The zero-order chi connectivity index (χ0) is 25.8. The van der Waals surface area contributed by atoms with Gasteiger partial charge in [0.1, 0.15) is 0 Å². The van der Waals surface area contributed by atoms with Crippen LogP contribution in [0.3, 0.4) is 0 Å². The molecule has 198 valence electrons. The van der Waals surface area contributed by atoms with E-state index in [0.29, 0.717) is 29.1 Å². The number of hydrogen-bond acceptors (Lipinski definition) is 6. The Bertz CT molecular complexity index is 1100. The van der Waals surface area contributed by atoms with E-state index in [9.17, 15) is 4.79 Å². The van der Waals surface area contributed by atoms with Gasteiger partial charge in [0, 0.05) is 54.0 Å². The minimum atomic E-state index is -0.101. The van der Waals surface area contributed by atoms with Crippen LogP contribution in [0.1, 0.15) is 52.7 Å². The Labute approximate surface area is 220 Å². The molecule has 7 heteroatoms. The van der Waals surface area contributed by atoms with E-state index < -0.39 is 0 Å². The van der Waals surface area contributed by atoms with E-state index in [2.05, 4.69) is 34.3 Å². The third-order valence-corrected chi connectivity index (χ3v) is 8.43. The lowest BCUT2D eigenvalue weighted by Crippen LogP contribution is -2.43. The fourth-order valence-electron chi connectivity index (χ4n) is 5.65. The van der Waals surface area contributed by atoms with E-state index in [0.717, 1.165) is 63.6 Å². The van der Waals surface area contributed by atoms with Crippen LogP contribution in [0.15, 0.2) is 42.5 Å². The molecular weight excluding hydrogens is 462 g/mol. The summed E-state index contributed by atoms with van der Waals surface area (Å²) in [4.78, 5) is 17.9. The first-order chi connectivity index (χ1) is 17.9. The molecule has 2 aromatic rings. The van der Waals surface area contributed by atoms with Gasteiger partial charge in [-0.1, -0.05) is 24.3 Å². The summed E-state index contributed by atoms with van der Waals surface area (Å²) < 4.78 is 5.46. The third-order valence-electron chi connectivity index (χ3n) is 8.43. The number of likely N-dealkylation sites (tertiary alicyclic amines) is 1. The summed E-state index contributed by atoms with van der Waals surface area (Å²) in [5.74, 6) is 0.631. The quantitative estimate of drug-likeness (QED) is 0.360. The number of amides is 1. The molecule has 1 aliphatic carbocycles. The maximum absolute atomic E-state index is 13.0. The molecule has 1 amide bonds. The predicted molar refractivity (Wildman–Crippen MR) is 148 cm³/mol. The first kappa shape index (κ1) is 25.9. The minimum Gasteiger partial charge on any atom is -0.398 e. The van der Waals surface area contributed by atoms with Crippen LogP contribution in [0, 0.1) is 16.7 Å². The van der Waals surface area contributed by atoms with Crippen LogP contribution in [0.2, 0.25) is 0 Å². The molecule has 0 spiro atoms. The van der Waals surface area contributed by atoms with Crippen molar-refractivity contribution in [2.75, 3.05) is 65.3 Å². The Balaban J connectivity index is 1.19. The zero-order valence-corrected chi connectivity index (χ0v) is 22.1. The Hall–Kier alpha value is -2.74. The number of carbonyl (C=O) groups is 1. The third kappa shape index (κ3) is 6.58. The maximum Gasteiger partial charge on any atom is 0.251 e. The van der Waals surface area contributed by atoms with Crippen LogP contribution in [-0.2, 0) is 11.2 Å². The fraction of sp³-hybridized carbons (Fsp3) is 0.533. The molecule has 2 heterocycles. The molecule has 1 saturated carbocycles. The van der Waals surface area contributed by atoms with Gasteiger partial charge in [0.25, 0.3) is 5.91 Å². The van der Waals surface area contributed by atoms with Crippen molar-refractivity contribution in [2.45, 2.75) is 32.1 Å². The summed E-state index contributed by atoms with van der Waals surface area (Å²) >= 11 is 0. The van der Waals surface area contributed by atoms with Gasteiger partial charge in [0.2, 0.25) is 0 Å². The van der Waals surface area contributed by atoms with Crippen molar-refractivity contribution in [3.8, 4) is 0 Å². The predicted octanol–water partition coefficient (Wildman–Crippen LogP) is 3.41. The van der Waals surface area contributed by atoms with Gasteiger partial charge in [-0.3, -0.25) is 15.1 Å². The molecule has 37 heavy (non-hydrogen) atoms. The fourth-order valence-corrected chi connectivity index (χ4v) is 5.65. The molecule has 0 aromatic heterocycles. The van der Waals surface area contributed by atoms with Gasteiger partial charge < -0.3 is 20.7 Å². The Kier molecular flexibility index (Phi) is 7.93. The Morgan fingerprint density at radius 2 is 1.73 bits per heavy atom. The number of benzene rings is 2. The van der Waals surface area contributed by atoms with E-state index in [1.165, 1.54) is 31.5 Å². The first-order valence-corrected chi connectivity index (χ1v) is 13.8. The molecule has 0 radical (unpaired) electrons. The molecule has 0 atom stereocenters. The number of ether oxygens (including phenoxy) is 1. The van der Waals surface area contributed by atoms with Crippen LogP contribution >= 0.6 is 0 Å². The standard InChI is InChI=1S/C30H41N5O2/c1-34-12-8-23(9-13-34)18-22-2-4-24(5-3-22)28(32)26-19-25(6-7-27(26)31)29(36)33-20-30(10-11-30)21-35-14-16-37-17-15-35/h2-7,19,23,32H,8-18,20-21,31H2,1H3,(H,33,36). The van der Waals surface area contributed by atoms with Crippen molar-refractivity contribution in [1.29, 1.82) is 5.41 Å². The number of anilines is 1. The van der Waals surface area contributed by atoms with Crippen LogP contribution in [0.4, 0.5) is 5.69 Å². The van der Waals surface area contributed by atoms with Crippen molar-refractivity contribution in [1.82, 2.24) is 15.1 Å². The molecule has 0 unspecified atom stereocenters. The number of nitrogens with zero attached hydrogens (tertiary/aromatic N) is 2. The van der Waals surface area contributed by atoms with Crippen molar-refractivity contribution in [3.63, 3.8) is 0 Å². The molecule has 4 N–H and O–H groups in total. The van der Waals surface area contributed by atoms with Crippen molar-refractivity contribution >= 4 is 17.3 Å². The van der Waals surface area contributed by atoms with Gasteiger partial charge in [-0.25, -0.2) is 0 Å². The summed E-state index contributed by atoms with van der Waals surface area (Å²) in [7, 11) is 2.19. The Morgan fingerprint density at radius 1 is 1.05 bits per heavy atom. The molecule has 2 aromatic carbocycles. The normalized spacial score (nSPS) is 20.5. The van der Waals surface area contributed by atoms with Crippen molar-refractivity contribution < 1.29 is 9.53 Å². The number of rotatable bonds is 9. The molecule has 3 fully saturated rings. The molecule has 2 aliphatic heterocycles. The molecule has 7 nitrogen and oxygen atoms in total. The van der Waals surface area contributed by atoms with E-state index in [-0.39, 0.29) is 11.3 Å². The molecule has 3 aliphatic rings. The van der Waals surface area contributed by atoms with E-state index in [1.807, 2.05) is 12.1 Å². The zero-order valence-electron chi connectivity index (χ0n) is 22.1. The number of hydrogen-bond donors (Lipinski definition) is 3. The lowest BCUT2D eigenvalue weighted by atomic mass is 9.89. The number of piperidine rings is 1. The second-order valence-corrected chi connectivity index (χ2v) is 11.4. The van der Waals surface area contributed by atoms with Crippen LogP contribution in [0.25, 0.3) is 0 Å². The second kappa shape index (κ2) is 11.3. The molecule has 5 rings (SSSR count). The summed E-state index contributed by atoms with van der Waals surface area (Å²) in [6.07, 6.45) is 5.87. The highest BCUT2D eigenvalue weighted by Crippen LogP contribution is 2.45. The van der Waals surface area contributed by atoms with Crippen LogP contribution in [-0.4, -0.2) is 80.9 Å². The average molecular weight is 504 g/mol. The van der Waals surface area contributed by atoms with Crippen LogP contribution < -0.4 is 11.1 Å². The minimum absolute atomic E-state index is 0.101. The van der Waals surface area contributed by atoms with Gasteiger partial charge in [0.05, 0.1) is 18.9 Å². The lowest BCUT2D eigenvalue weighted by Gasteiger charge is -2.30. The van der Waals surface area contributed by atoms with Gasteiger partial charge in [-0.05, 0) is 81.9 Å². The van der Waals surface area contributed by atoms with Crippen molar-refractivity contribution in [2.24, 2.45) is 11.3 Å². The number of nitrogens with two attached hydrogens (primary N) is 1. The molecule has 2 saturated heterocycles. The smallest absolute Gasteiger partial charge is 0.251 e. The van der Waals surface area contributed by atoms with Crippen LogP contribution in [0.5, 0.6) is 0 Å². The SMILES string of the molecule is CN1CCC(Cc2ccc(C(=N)c3cc(C(=O)NCC4(CN5CCOCC5)CC4)ccc3N)cc2)CC1. The van der Waals surface area contributed by atoms with E-state index in [4.69, 9.17) is 15.9 Å². The number of nitrogen functional groups attached to an aromatic ring is 1. The summed E-state index contributed by atoms with van der Waals surface area (Å²) in [5.41, 5.74) is 10.6. The largest absolute Gasteiger partial charge is 0.398 e. The van der Waals surface area contributed by atoms with E-state index >= 15 is 0 Å². The lowest BCUT2D eigenvalue weighted by molar-refractivity contribution is 0.0283. The second-order valence-electron chi connectivity index (χ2n) is 11.4. The Morgan fingerprint density at radius 3 is 2.41 bits per heavy atom. The number of morpholine rings is 1. The molecular formula is C30H41N5O2. The van der Waals surface area contributed by atoms with Gasteiger partial charge >= 0.3 is 0 Å². The average Bonchev–Trinajstić information content (AvgIpc) is 3.69. The highest BCUT2D eigenvalue weighted by molar-refractivity contribution is 6.14. The highest BCUT2D eigenvalue weighted by Gasteiger charge is 2.44. The highest BCUT2D eigenvalue weighted by atomic mass is 16.5. The van der Waals surface area contributed by atoms with Gasteiger partial charge in [-0.15, -0.1) is 0 Å². The monoisotopic (exact) mass is 503 g/mol. The molecule has 0 bridgehead atoms. The topological polar surface area (TPSA) is 94.7 Å². The summed E-state index contributed by atoms with van der Waals surface area (Å²) in [5, 5.41) is 12.0. The number of carbonyl (C=O) groups excluding carboxylic acids is 1. The number of nitrogens with one attached hydrogen (secondary N) is 2. The first-order valence-electron chi connectivity index (χ1n) is 13.8. The maximum atomic E-state index is 13.0.